The van der Waals surface area contributed by atoms with Crippen molar-refractivity contribution in [1.29, 1.82) is 0 Å². The van der Waals surface area contributed by atoms with Crippen LogP contribution in [0.1, 0.15) is 48.4 Å². The molecule has 0 bridgehead atoms. The maximum absolute atomic E-state index is 13.8. The van der Waals surface area contributed by atoms with Gasteiger partial charge in [0, 0.05) is 16.7 Å². The van der Waals surface area contributed by atoms with Crippen molar-refractivity contribution in [3.8, 4) is 0 Å². The minimum Gasteiger partial charge on any atom is -0.451 e. The molecule has 0 saturated carbocycles. The minimum atomic E-state index is -1.14. The van der Waals surface area contributed by atoms with Crippen LogP contribution < -0.4 is 5.32 Å². The Labute approximate surface area is 167 Å². The lowest BCUT2D eigenvalue weighted by Crippen LogP contribution is -2.27. The number of amides is 1. The van der Waals surface area contributed by atoms with Gasteiger partial charge in [-0.1, -0.05) is 38.4 Å². The Balaban J connectivity index is 2.07. The van der Waals surface area contributed by atoms with Crippen LogP contribution in [0.25, 0.3) is 0 Å². The first-order valence-electron chi connectivity index (χ1n) is 8.61. The molecule has 0 spiro atoms. The zero-order chi connectivity index (χ0) is 21.1. The lowest BCUT2D eigenvalue weighted by Gasteiger charge is -2.18. The summed E-state index contributed by atoms with van der Waals surface area (Å²) in [6, 6.07) is 10.0. The highest BCUT2D eigenvalue weighted by Gasteiger charge is 2.24. The Morgan fingerprint density at radius 1 is 1.07 bits per heavy atom. The van der Waals surface area contributed by atoms with E-state index in [9.17, 15) is 18.8 Å². The molecule has 148 valence electrons. The predicted octanol–water partition coefficient (Wildman–Crippen LogP) is 4.89. The van der Waals surface area contributed by atoms with E-state index >= 15 is 0 Å². The molecule has 2 aromatic rings. The van der Waals surface area contributed by atoms with Crippen molar-refractivity contribution in [3.63, 3.8) is 0 Å². The number of anilines is 1. The number of halogens is 2. The van der Waals surface area contributed by atoms with Gasteiger partial charge >= 0.3 is 5.97 Å². The van der Waals surface area contributed by atoms with Crippen LogP contribution in [0.4, 0.5) is 10.1 Å². The molecule has 2 rings (SSSR count). The van der Waals surface area contributed by atoms with E-state index in [0.717, 1.165) is 6.07 Å². The average molecular weight is 406 g/mol. The van der Waals surface area contributed by atoms with E-state index in [1.54, 1.807) is 32.9 Å². The largest absolute Gasteiger partial charge is 0.451 e. The highest BCUT2D eigenvalue weighted by Crippen LogP contribution is 2.22. The van der Waals surface area contributed by atoms with E-state index < -0.39 is 34.7 Å². The third-order valence-corrected chi connectivity index (χ3v) is 4.24. The van der Waals surface area contributed by atoms with Crippen molar-refractivity contribution in [2.24, 2.45) is 5.41 Å². The van der Waals surface area contributed by atoms with Crippen molar-refractivity contribution >= 4 is 34.9 Å². The van der Waals surface area contributed by atoms with Gasteiger partial charge in [0.15, 0.2) is 6.10 Å². The van der Waals surface area contributed by atoms with E-state index in [0.29, 0.717) is 5.69 Å². The molecule has 1 atom stereocenters. The molecule has 7 heteroatoms. The van der Waals surface area contributed by atoms with Crippen molar-refractivity contribution in [2.45, 2.75) is 33.8 Å². The van der Waals surface area contributed by atoms with Crippen LogP contribution in [0.5, 0.6) is 0 Å². The van der Waals surface area contributed by atoms with Gasteiger partial charge in [-0.3, -0.25) is 9.59 Å². The van der Waals surface area contributed by atoms with E-state index in [-0.39, 0.29) is 16.5 Å². The lowest BCUT2D eigenvalue weighted by atomic mass is 9.95. The lowest BCUT2D eigenvalue weighted by molar-refractivity contribution is -0.123. The van der Waals surface area contributed by atoms with Gasteiger partial charge in [0.05, 0.1) is 5.02 Å². The van der Waals surface area contributed by atoms with Gasteiger partial charge in [0.25, 0.3) is 0 Å². The van der Waals surface area contributed by atoms with Gasteiger partial charge in [-0.05, 0) is 43.3 Å². The molecule has 0 saturated heterocycles. The summed E-state index contributed by atoms with van der Waals surface area (Å²) < 4.78 is 18.9. The summed E-state index contributed by atoms with van der Waals surface area (Å²) in [5, 5.41) is 2.66. The summed E-state index contributed by atoms with van der Waals surface area (Å²) >= 11 is 5.84. The molecule has 0 aliphatic heterocycles. The fraction of sp³-hybridized carbons (Fsp3) is 0.286. The standard InChI is InChI=1S/C21H21ClFNO4/c1-12(28-19(26)17-15(22)6-5-7-16(17)23)18(25)13-8-10-14(11-9-13)24-20(27)21(2,3)4/h5-12H,1-4H3,(H,24,27)/t12-/m1/s1. The number of hydrogen-bond donors (Lipinski definition) is 1. The summed E-state index contributed by atoms with van der Waals surface area (Å²) in [5.41, 5.74) is -0.137. The van der Waals surface area contributed by atoms with Crippen molar-refractivity contribution < 1.29 is 23.5 Å². The molecule has 28 heavy (non-hydrogen) atoms. The predicted molar refractivity (Wildman–Crippen MR) is 105 cm³/mol. The quantitative estimate of drug-likeness (QED) is 0.567. The molecule has 1 amide bonds. The number of benzene rings is 2. The third kappa shape index (κ3) is 5.16. The van der Waals surface area contributed by atoms with Gasteiger partial charge in [0.1, 0.15) is 11.4 Å². The summed E-state index contributed by atoms with van der Waals surface area (Å²) in [4.78, 5) is 36.6. The maximum atomic E-state index is 13.8. The smallest absolute Gasteiger partial charge is 0.343 e. The van der Waals surface area contributed by atoms with E-state index in [1.165, 1.54) is 31.2 Å². The Hall–Kier alpha value is -2.73. The van der Waals surface area contributed by atoms with Crippen LogP contribution in [0.15, 0.2) is 42.5 Å². The van der Waals surface area contributed by atoms with Crippen molar-refractivity contribution in [3.05, 3.63) is 64.4 Å². The van der Waals surface area contributed by atoms with Crippen LogP contribution in [-0.2, 0) is 9.53 Å². The summed E-state index contributed by atoms with van der Waals surface area (Å²) in [6.45, 7) is 6.76. The Morgan fingerprint density at radius 3 is 2.21 bits per heavy atom. The Kier molecular flexibility index (Phi) is 6.56. The van der Waals surface area contributed by atoms with Crippen LogP contribution in [0.3, 0.4) is 0 Å². The second-order valence-electron chi connectivity index (χ2n) is 7.29. The first kappa shape index (κ1) is 21.6. The van der Waals surface area contributed by atoms with Crippen LogP contribution >= 0.6 is 11.6 Å². The first-order valence-corrected chi connectivity index (χ1v) is 8.99. The Morgan fingerprint density at radius 2 is 1.68 bits per heavy atom. The molecule has 0 aromatic heterocycles. The van der Waals surface area contributed by atoms with Gasteiger partial charge in [-0.15, -0.1) is 0 Å². The normalized spacial score (nSPS) is 12.2. The second kappa shape index (κ2) is 8.52. The van der Waals surface area contributed by atoms with Gasteiger partial charge in [0.2, 0.25) is 11.7 Å². The fourth-order valence-corrected chi connectivity index (χ4v) is 2.48. The van der Waals surface area contributed by atoms with E-state index in [4.69, 9.17) is 16.3 Å². The van der Waals surface area contributed by atoms with Crippen LogP contribution in [0, 0.1) is 11.2 Å². The van der Waals surface area contributed by atoms with Gasteiger partial charge < -0.3 is 10.1 Å². The van der Waals surface area contributed by atoms with E-state index in [2.05, 4.69) is 5.32 Å². The number of hydrogen-bond acceptors (Lipinski definition) is 4. The molecule has 0 fully saturated rings. The number of Topliss-reactive ketones (excluding diaryl/α,β-unsaturated/α-hetero) is 1. The Bertz CT molecular complexity index is 883. The molecule has 0 heterocycles. The van der Waals surface area contributed by atoms with Crippen LogP contribution in [0.2, 0.25) is 5.02 Å². The average Bonchev–Trinajstić information content (AvgIpc) is 2.60. The molecule has 1 N–H and O–H groups in total. The topological polar surface area (TPSA) is 72.5 Å². The number of carbonyl (C=O) groups excluding carboxylic acids is 3. The molecular formula is C21H21ClFNO4. The number of esters is 1. The maximum Gasteiger partial charge on any atom is 0.343 e. The van der Waals surface area contributed by atoms with Gasteiger partial charge in [-0.2, -0.15) is 0 Å². The zero-order valence-electron chi connectivity index (χ0n) is 16.0. The van der Waals surface area contributed by atoms with E-state index in [1.807, 2.05) is 0 Å². The van der Waals surface area contributed by atoms with Crippen molar-refractivity contribution in [2.75, 3.05) is 5.32 Å². The summed E-state index contributed by atoms with van der Waals surface area (Å²) in [7, 11) is 0. The zero-order valence-corrected chi connectivity index (χ0v) is 16.8. The van der Waals surface area contributed by atoms with Crippen LogP contribution in [-0.4, -0.2) is 23.8 Å². The monoisotopic (exact) mass is 405 g/mol. The highest BCUT2D eigenvalue weighted by molar-refractivity contribution is 6.33. The first-order chi connectivity index (χ1) is 13.0. The number of carbonyl (C=O) groups is 3. The highest BCUT2D eigenvalue weighted by atomic mass is 35.5. The van der Waals surface area contributed by atoms with Gasteiger partial charge in [-0.25, -0.2) is 9.18 Å². The number of nitrogens with one attached hydrogen (secondary N) is 1. The van der Waals surface area contributed by atoms with Crippen molar-refractivity contribution in [1.82, 2.24) is 0 Å². The fourth-order valence-electron chi connectivity index (χ4n) is 2.24. The number of ether oxygens (including phenoxy) is 1. The third-order valence-electron chi connectivity index (χ3n) is 3.93. The molecule has 0 unspecified atom stereocenters. The second-order valence-corrected chi connectivity index (χ2v) is 7.70. The number of ketones is 1. The molecule has 0 aliphatic rings. The molecule has 5 nitrogen and oxygen atoms in total. The number of rotatable bonds is 5. The molecule has 0 radical (unpaired) electrons. The summed E-state index contributed by atoms with van der Waals surface area (Å²) in [5.74, 6) is -2.46. The SMILES string of the molecule is C[C@@H](OC(=O)c1c(F)cccc1Cl)C(=O)c1ccc(NC(=O)C(C)(C)C)cc1. The molecular weight excluding hydrogens is 385 g/mol. The molecule has 2 aromatic carbocycles. The minimum absolute atomic E-state index is 0.0939. The molecule has 0 aliphatic carbocycles. The summed E-state index contributed by atoms with van der Waals surface area (Å²) in [6.07, 6.45) is -1.14.